The molecule has 4 rings (SSSR count). The lowest BCUT2D eigenvalue weighted by Gasteiger charge is -2.28. The fourth-order valence-electron chi connectivity index (χ4n) is 3.92. The molecule has 3 N–H and O–H groups in total. The van der Waals surface area contributed by atoms with Gasteiger partial charge in [0.1, 0.15) is 0 Å². The molecule has 0 fully saturated rings. The Morgan fingerprint density at radius 3 is 2.29 bits per heavy atom. The number of carbonyl (C=O) groups excluding carboxylic acids is 1. The van der Waals surface area contributed by atoms with Gasteiger partial charge in [-0.1, -0.05) is 53.5 Å². The number of benzene rings is 3. The summed E-state index contributed by atoms with van der Waals surface area (Å²) < 4.78 is 43.2. The number of hydrogen-bond acceptors (Lipinski definition) is 5. The lowest BCUT2D eigenvalue weighted by molar-refractivity contribution is -0.269. The van der Waals surface area contributed by atoms with Gasteiger partial charge in [-0.25, -0.2) is 0 Å². The summed E-state index contributed by atoms with van der Waals surface area (Å²) in [5.74, 6) is -0.413. The Bertz CT molecular complexity index is 1410. The fraction of sp³-hybridized carbons (Fsp3) is 0.222. The van der Waals surface area contributed by atoms with Crippen molar-refractivity contribution in [1.29, 1.82) is 0 Å². The summed E-state index contributed by atoms with van der Waals surface area (Å²) in [5.41, 5.74) is 2.33. The van der Waals surface area contributed by atoms with Gasteiger partial charge in [0.15, 0.2) is 0 Å². The van der Waals surface area contributed by atoms with Gasteiger partial charge in [0.2, 0.25) is 5.60 Å². The summed E-state index contributed by atoms with van der Waals surface area (Å²) in [4.78, 5) is 23.4. The van der Waals surface area contributed by atoms with E-state index in [0.717, 1.165) is 18.2 Å². The average molecular weight is 566 g/mol. The third kappa shape index (κ3) is 5.76. The summed E-state index contributed by atoms with van der Waals surface area (Å²) in [5, 5.41) is 3.80. The number of carbonyl (C=O) groups is 1. The molecule has 1 atom stereocenters. The van der Waals surface area contributed by atoms with Crippen molar-refractivity contribution in [1.82, 2.24) is 16.3 Å². The van der Waals surface area contributed by atoms with E-state index in [9.17, 15) is 18.0 Å². The zero-order valence-electron chi connectivity index (χ0n) is 20.5. The van der Waals surface area contributed by atoms with E-state index in [2.05, 4.69) is 16.3 Å². The molecule has 1 aliphatic rings. The van der Waals surface area contributed by atoms with E-state index >= 15 is 0 Å². The second-order valence-electron chi connectivity index (χ2n) is 9.50. The predicted octanol–water partition coefficient (Wildman–Crippen LogP) is 7.00. The first kappa shape index (κ1) is 27.8. The van der Waals surface area contributed by atoms with Crippen LogP contribution in [0.2, 0.25) is 10.0 Å². The van der Waals surface area contributed by atoms with Crippen molar-refractivity contribution < 1.29 is 27.6 Å². The minimum Gasteiger partial charge on any atom is -0.327 e. The Balaban J connectivity index is 1.70. The lowest BCUT2D eigenvalue weighted by Crippen LogP contribution is -2.42. The van der Waals surface area contributed by atoms with Crippen LogP contribution in [0.3, 0.4) is 0 Å². The van der Waals surface area contributed by atoms with Crippen molar-refractivity contribution in [2.75, 3.05) is 0 Å². The standard InChI is InChI=1S/C27H24Cl2F3N3O3/c1-25(2,3)37-34-11-10-33-24(36)22-9-8-21(19-6-4-5-7-20(19)22)23-15-26(38-35-23,27(30,31)32)16-12-17(28)14-18(29)13-16/h4-15,34-35H,1-3H3,(H,33,36). The predicted molar refractivity (Wildman–Crippen MR) is 141 cm³/mol. The molecule has 38 heavy (non-hydrogen) atoms. The molecule has 1 unspecified atom stereocenters. The normalized spacial score (nSPS) is 17.9. The van der Waals surface area contributed by atoms with Crippen molar-refractivity contribution in [2.24, 2.45) is 0 Å². The first-order chi connectivity index (χ1) is 17.8. The Morgan fingerprint density at radius 2 is 1.66 bits per heavy atom. The van der Waals surface area contributed by atoms with Crippen LogP contribution in [0, 0.1) is 0 Å². The van der Waals surface area contributed by atoms with Crippen LogP contribution < -0.4 is 16.3 Å². The molecule has 3 aromatic carbocycles. The number of hydrogen-bond donors (Lipinski definition) is 3. The maximum atomic E-state index is 14.4. The van der Waals surface area contributed by atoms with Gasteiger partial charge < -0.3 is 5.32 Å². The minimum absolute atomic E-state index is 0.0385. The highest BCUT2D eigenvalue weighted by atomic mass is 35.5. The fourth-order valence-corrected chi connectivity index (χ4v) is 4.44. The van der Waals surface area contributed by atoms with E-state index in [1.807, 2.05) is 20.8 Å². The monoisotopic (exact) mass is 565 g/mol. The molecule has 0 bridgehead atoms. The maximum Gasteiger partial charge on any atom is 0.428 e. The first-order valence-corrected chi connectivity index (χ1v) is 12.2. The van der Waals surface area contributed by atoms with Gasteiger partial charge >= 0.3 is 6.18 Å². The van der Waals surface area contributed by atoms with Gasteiger partial charge in [-0.3, -0.25) is 25.4 Å². The molecule has 1 heterocycles. The Morgan fingerprint density at radius 1 is 1.00 bits per heavy atom. The Labute approximate surface area is 227 Å². The van der Waals surface area contributed by atoms with Crippen LogP contribution in [0.15, 0.2) is 73.1 Å². The highest BCUT2D eigenvalue weighted by molar-refractivity contribution is 6.34. The van der Waals surface area contributed by atoms with Gasteiger partial charge in [-0.05, 0) is 61.9 Å². The number of nitrogens with one attached hydrogen (secondary N) is 3. The number of fused-ring (bicyclic) bond motifs is 1. The number of rotatable bonds is 6. The van der Waals surface area contributed by atoms with E-state index in [-0.39, 0.29) is 21.3 Å². The average Bonchev–Trinajstić information content (AvgIpc) is 3.28. The third-order valence-electron chi connectivity index (χ3n) is 5.57. The minimum atomic E-state index is -4.84. The SMILES string of the molecule is CC(C)(C)ONC=CNC(=O)c1ccc(C2=CC(c3cc(Cl)cc(Cl)c3)(C(F)(F)F)ON2)c2ccccc12. The molecule has 6 nitrogen and oxygen atoms in total. The summed E-state index contributed by atoms with van der Waals surface area (Å²) in [6.07, 6.45) is -1.08. The smallest absolute Gasteiger partial charge is 0.327 e. The van der Waals surface area contributed by atoms with E-state index in [4.69, 9.17) is 32.9 Å². The molecule has 0 spiro atoms. The van der Waals surface area contributed by atoms with Crippen molar-refractivity contribution in [3.63, 3.8) is 0 Å². The number of alkyl halides is 3. The first-order valence-electron chi connectivity index (χ1n) is 11.4. The van der Waals surface area contributed by atoms with E-state index < -0.39 is 23.3 Å². The Kier molecular flexibility index (Phi) is 7.67. The molecule has 0 aromatic heterocycles. The molecule has 11 heteroatoms. The maximum absolute atomic E-state index is 14.4. The van der Waals surface area contributed by atoms with Crippen LogP contribution in [0.25, 0.3) is 16.5 Å². The quantitative estimate of drug-likeness (QED) is 0.281. The molecule has 1 aliphatic heterocycles. The molecule has 0 radical (unpaired) electrons. The molecule has 1 amide bonds. The second kappa shape index (κ2) is 10.5. The molecule has 0 saturated carbocycles. The molecular weight excluding hydrogens is 542 g/mol. The van der Waals surface area contributed by atoms with Crippen LogP contribution in [-0.2, 0) is 15.3 Å². The molecule has 3 aromatic rings. The molecule has 200 valence electrons. The topological polar surface area (TPSA) is 71.6 Å². The second-order valence-corrected chi connectivity index (χ2v) is 10.4. The largest absolute Gasteiger partial charge is 0.428 e. The van der Waals surface area contributed by atoms with Crippen molar-refractivity contribution in [3.05, 3.63) is 99.8 Å². The number of halogens is 5. The van der Waals surface area contributed by atoms with Crippen molar-refractivity contribution in [3.8, 4) is 0 Å². The zero-order valence-corrected chi connectivity index (χ0v) is 22.1. The van der Waals surface area contributed by atoms with Gasteiger partial charge in [0.25, 0.3) is 5.91 Å². The third-order valence-corrected chi connectivity index (χ3v) is 6.01. The van der Waals surface area contributed by atoms with Crippen LogP contribution in [0.1, 0.15) is 42.3 Å². The number of hydroxylamine groups is 2. The van der Waals surface area contributed by atoms with Gasteiger partial charge in [0, 0.05) is 39.1 Å². The van der Waals surface area contributed by atoms with Gasteiger partial charge in [-0.2, -0.15) is 13.2 Å². The van der Waals surface area contributed by atoms with Crippen molar-refractivity contribution >= 4 is 45.6 Å². The number of amides is 1. The highest BCUT2D eigenvalue weighted by Gasteiger charge is 2.59. The van der Waals surface area contributed by atoms with Crippen LogP contribution in [-0.4, -0.2) is 17.7 Å². The van der Waals surface area contributed by atoms with Gasteiger partial charge in [-0.15, -0.1) is 0 Å². The van der Waals surface area contributed by atoms with E-state index in [0.29, 0.717) is 21.9 Å². The highest BCUT2D eigenvalue weighted by Crippen LogP contribution is 2.48. The zero-order chi connectivity index (χ0) is 27.7. The molecular formula is C27H24Cl2F3N3O3. The molecule has 0 aliphatic carbocycles. The summed E-state index contributed by atoms with van der Waals surface area (Å²) >= 11 is 12.0. The van der Waals surface area contributed by atoms with Crippen molar-refractivity contribution in [2.45, 2.75) is 38.1 Å². The van der Waals surface area contributed by atoms with Crippen LogP contribution in [0.5, 0.6) is 0 Å². The lowest BCUT2D eigenvalue weighted by atomic mass is 9.90. The summed E-state index contributed by atoms with van der Waals surface area (Å²) in [6, 6.07) is 13.6. The Hall–Kier alpha value is -3.24. The van der Waals surface area contributed by atoms with Crippen LogP contribution >= 0.6 is 23.2 Å². The summed E-state index contributed by atoms with van der Waals surface area (Å²) in [6.45, 7) is 5.59. The summed E-state index contributed by atoms with van der Waals surface area (Å²) in [7, 11) is 0. The van der Waals surface area contributed by atoms with Crippen LogP contribution in [0.4, 0.5) is 13.2 Å². The van der Waals surface area contributed by atoms with Gasteiger partial charge in [0.05, 0.1) is 11.3 Å². The van der Waals surface area contributed by atoms with E-state index in [1.165, 1.54) is 24.5 Å². The van der Waals surface area contributed by atoms with E-state index in [1.54, 1.807) is 30.3 Å². The molecule has 0 saturated heterocycles.